The summed E-state index contributed by atoms with van der Waals surface area (Å²) in [5.41, 5.74) is 6.06. The van der Waals surface area contributed by atoms with E-state index in [2.05, 4.69) is 5.32 Å². The van der Waals surface area contributed by atoms with Gasteiger partial charge in [-0.25, -0.2) is 0 Å². The van der Waals surface area contributed by atoms with Crippen molar-refractivity contribution in [1.82, 2.24) is 10.2 Å². The third-order valence-corrected chi connectivity index (χ3v) is 4.40. The highest BCUT2D eigenvalue weighted by atomic mass is 16.2. The second-order valence-electron chi connectivity index (χ2n) is 5.81. The van der Waals surface area contributed by atoms with Crippen LogP contribution in [0.3, 0.4) is 0 Å². The Labute approximate surface area is 114 Å². The van der Waals surface area contributed by atoms with Gasteiger partial charge in [0, 0.05) is 38.5 Å². The van der Waals surface area contributed by atoms with Crippen LogP contribution in [0, 0.1) is 11.8 Å². The van der Waals surface area contributed by atoms with Crippen molar-refractivity contribution in [2.24, 2.45) is 17.6 Å². The molecule has 1 saturated carbocycles. The standard InChI is InChI=1S/C14H25N3O2/c1-2-7-16-13(18)5-6-14(19)17-8-10-3-4-12(15)11(10)9-17/h10-12H,2-9,15H2,1H3,(H,16,18). The number of nitrogens with one attached hydrogen (secondary N) is 1. The number of carbonyl (C=O) groups is 2. The number of nitrogens with zero attached hydrogens (tertiary/aromatic N) is 1. The van der Waals surface area contributed by atoms with Gasteiger partial charge < -0.3 is 16.0 Å². The second-order valence-corrected chi connectivity index (χ2v) is 5.81. The van der Waals surface area contributed by atoms with E-state index in [9.17, 15) is 9.59 Å². The van der Waals surface area contributed by atoms with E-state index in [-0.39, 0.29) is 17.9 Å². The summed E-state index contributed by atoms with van der Waals surface area (Å²) in [7, 11) is 0. The van der Waals surface area contributed by atoms with Crippen LogP contribution >= 0.6 is 0 Å². The fourth-order valence-electron chi connectivity index (χ4n) is 3.24. The Balaban J connectivity index is 1.71. The zero-order valence-corrected chi connectivity index (χ0v) is 11.7. The molecule has 1 saturated heterocycles. The first-order valence-corrected chi connectivity index (χ1v) is 7.42. The molecule has 108 valence electrons. The highest BCUT2D eigenvalue weighted by molar-refractivity contribution is 5.83. The van der Waals surface area contributed by atoms with E-state index < -0.39 is 0 Å². The molecule has 0 aromatic carbocycles. The lowest BCUT2D eigenvalue weighted by Crippen LogP contribution is -2.34. The van der Waals surface area contributed by atoms with Crippen LogP contribution in [0.2, 0.25) is 0 Å². The molecule has 0 aromatic rings. The van der Waals surface area contributed by atoms with Crippen molar-refractivity contribution in [2.45, 2.75) is 45.1 Å². The summed E-state index contributed by atoms with van der Waals surface area (Å²) in [5, 5.41) is 2.80. The number of rotatable bonds is 5. The molecule has 3 N–H and O–H groups in total. The van der Waals surface area contributed by atoms with Gasteiger partial charge in [-0.3, -0.25) is 9.59 Å². The summed E-state index contributed by atoms with van der Waals surface area (Å²) in [6.45, 7) is 4.34. The lowest BCUT2D eigenvalue weighted by atomic mass is 9.98. The zero-order chi connectivity index (χ0) is 13.8. The van der Waals surface area contributed by atoms with E-state index in [0.29, 0.717) is 31.2 Å². The van der Waals surface area contributed by atoms with Crippen LogP contribution in [0.15, 0.2) is 0 Å². The van der Waals surface area contributed by atoms with Gasteiger partial charge in [0.15, 0.2) is 0 Å². The maximum atomic E-state index is 12.1. The quantitative estimate of drug-likeness (QED) is 0.761. The fourth-order valence-corrected chi connectivity index (χ4v) is 3.24. The van der Waals surface area contributed by atoms with Crippen molar-refractivity contribution < 1.29 is 9.59 Å². The molecule has 2 aliphatic rings. The largest absolute Gasteiger partial charge is 0.356 e. The summed E-state index contributed by atoms with van der Waals surface area (Å²) < 4.78 is 0. The minimum absolute atomic E-state index is 0.0220. The maximum Gasteiger partial charge on any atom is 0.223 e. The molecule has 1 heterocycles. The van der Waals surface area contributed by atoms with Gasteiger partial charge in [-0.2, -0.15) is 0 Å². The molecule has 3 atom stereocenters. The molecule has 0 spiro atoms. The van der Waals surface area contributed by atoms with Crippen LogP contribution in [-0.2, 0) is 9.59 Å². The molecule has 1 aliphatic heterocycles. The molecule has 2 rings (SSSR count). The molecule has 0 bridgehead atoms. The first-order chi connectivity index (χ1) is 9.11. The second kappa shape index (κ2) is 6.37. The number of hydrogen-bond donors (Lipinski definition) is 2. The van der Waals surface area contributed by atoms with Gasteiger partial charge in [0.25, 0.3) is 0 Å². The molecular formula is C14H25N3O2. The SMILES string of the molecule is CCCNC(=O)CCC(=O)N1CC2CCC(N)C2C1. The maximum absolute atomic E-state index is 12.1. The summed E-state index contributed by atoms with van der Waals surface area (Å²) >= 11 is 0. The molecule has 3 unspecified atom stereocenters. The highest BCUT2D eigenvalue weighted by Gasteiger charge is 2.42. The average Bonchev–Trinajstić information content (AvgIpc) is 2.96. The summed E-state index contributed by atoms with van der Waals surface area (Å²) in [5.74, 6) is 1.16. The molecular weight excluding hydrogens is 242 g/mol. The average molecular weight is 267 g/mol. The number of carbonyl (C=O) groups excluding carboxylic acids is 2. The van der Waals surface area contributed by atoms with Crippen molar-refractivity contribution in [3.63, 3.8) is 0 Å². The Kier molecular flexibility index (Phi) is 4.80. The van der Waals surface area contributed by atoms with E-state index >= 15 is 0 Å². The van der Waals surface area contributed by atoms with Gasteiger partial charge in [-0.1, -0.05) is 6.92 Å². The van der Waals surface area contributed by atoms with Gasteiger partial charge in [0.1, 0.15) is 0 Å². The highest BCUT2D eigenvalue weighted by Crippen LogP contribution is 2.37. The van der Waals surface area contributed by atoms with Crippen LogP contribution in [-0.4, -0.2) is 42.4 Å². The summed E-state index contributed by atoms with van der Waals surface area (Å²) in [6, 6.07) is 0.260. The number of amides is 2. The molecule has 2 amide bonds. The van der Waals surface area contributed by atoms with Crippen molar-refractivity contribution in [1.29, 1.82) is 0 Å². The predicted octanol–water partition coefficient (Wildman–Crippen LogP) is 0.489. The molecule has 0 radical (unpaired) electrons. The molecule has 0 aromatic heterocycles. The molecule has 5 heteroatoms. The van der Waals surface area contributed by atoms with E-state index in [1.54, 1.807) is 0 Å². The Morgan fingerprint density at radius 3 is 2.74 bits per heavy atom. The van der Waals surface area contributed by atoms with E-state index in [0.717, 1.165) is 32.4 Å². The number of fused-ring (bicyclic) bond motifs is 1. The molecule has 1 aliphatic carbocycles. The smallest absolute Gasteiger partial charge is 0.223 e. The van der Waals surface area contributed by atoms with E-state index in [1.165, 1.54) is 0 Å². The fraction of sp³-hybridized carbons (Fsp3) is 0.857. The predicted molar refractivity (Wildman–Crippen MR) is 73.3 cm³/mol. The molecule has 5 nitrogen and oxygen atoms in total. The van der Waals surface area contributed by atoms with Crippen LogP contribution in [0.25, 0.3) is 0 Å². The molecule has 2 fully saturated rings. The Bertz CT molecular complexity index is 346. The summed E-state index contributed by atoms with van der Waals surface area (Å²) in [6.07, 6.45) is 3.79. The minimum Gasteiger partial charge on any atom is -0.356 e. The van der Waals surface area contributed by atoms with Gasteiger partial charge in [0.05, 0.1) is 0 Å². The number of hydrogen-bond acceptors (Lipinski definition) is 3. The lowest BCUT2D eigenvalue weighted by molar-refractivity contribution is -0.133. The van der Waals surface area contributed by atoms with Gasteiger partial charge in [-0.05, 0) is 31.1 Å². The monoisotopic (exact) mass is 267 g/mol. The van der Waals surface area contributed by atoms with Gasteiger partial charge in [0.2, 0.25) is 11.8 Å². The third kappa shape index (κ3) is 3.47. The topological polar surface area (TPSA) is 75.4 Å². The van der Waals surface area contributed by atoms with Crippen LogP contribution in [0.5, 0.6) is 0 Å². The van der Waals surface area contributed by atoms with Crippen molar-refractivity contribution in [3.05, 3.63) is 0 Å². The Morgan fingerprint density at radius 2 is 2.05 bits per heavy atom. The van der Waals surface area contributed by atoms with Gasteiger partial charge >= 0.3 is 0 Å². The van der Waals surface area contributed by atoms with Crippen LogP contribution < -0.4 is 11.1 Å². The Hall–Kier alpha value is -1.10. The normalized spacial score (nSPS) is 29.4. The zero-order valence-electron chi connectivity index (χ0n) is 11.7. The van der Waals surface area contributed by atoms with Crippen molar-refractivity contribution in [2.75, 3.05) is 19.6 Å². The van der Waals surface area contributed by atoms with E-state index in [4.69, 9.17) is 5.73 Å². The van der Waals surface area contributed by atoms with Crippen LogP contribution in [0.4, 0.5) is 0 Å². The van der Waals surface area contributed by atoms with E-state index in [1.807, 2.05) is 11.8 Å². The summed E-state index contributed by atoms with van der Waals surface area (Å²) in [4.78, 5) is 25.4. The number of likely N-dealkylation sites (tertiary alicyclic amines) is 1. The first kappa shape index (κ1) is 14.3. The van der Waals surface area contributed by atoms with Crippen molar-refractivity contribution in [3.8, 4) is 0 Å². The van der Waals surface area contributed by atoms with Gasteiger partial charge in [-0.15, -0.1) is 0 Å². The van der Waals surface area contributed by atoms with Crippen molar-refractivity contribution >= 4 is 11.8 Å². The first-order valence-electron chi connectivity index (χ1n) is 7.42. The Morgan fingerprint density at radius 1 is 1.26 bits per heavy atom. The van der Waals surface area contributed by atoms with Crippen LogP contribution in [0.1, 0.15) is 39.0 Å². The number of nitrogens with two attached hydrogens (primary N) is 1. The molecule has 19 heavy (non-hydrogen) atoms. The third-order valence-electron chi connectivity index (χ3n) is 4.40. The minimum atomic E-state index is -0.0220. The lowest BCUT2D eigenvalue weighted by Gasteiger charge is -2.18.